The zero-order chi connectivity index (χ0) is 15.4. The van der Waals surface area contributed by atoms with Gasteiger partial charge in [-0.2, -0.15) is 0 Å². The van der Waals surface area contributed by atoms with Gasteiger partial charge in [0.25, 0.3) is 0 Å². The Morgan fingerprint density at radius 2 is 1.81 bits per heavy atom. The van der Waals surface area contributed by atoms with E-state index in [-0.39, 0.29) is 0 Å². The first-order valence-corrected chi connectivity index (χ1v) is 7.38. The smallest absolute Gasteiger partial charge is 0.339 e. The third-order valence-corrected chi connectivity index (χ3v) is 4.04. The minimum atomic E-state index is -1.23. The van der Waals surface area contributed by atoms with Crippen molar-refractivity contribution in [1.29, 1.82) is 0 Å². The van der Waals surface area contributed by atoms with Crippen molar-refractivity contribution >= 4 is 11.7 Å². The molecule has 0 amide bonds. The van der Waals surface area contributed by atoms with Crippen LogP contribution >= 0.6 is 0 Å². The van der Waals surface area contributed by atoms with Gasteiger partial charge in [0.2, 0.25) is 0 Å². The molecule has 1 saturated heterocycles. The summed E-state index contributed by atoms with van der Waals surface area (Å²) in [5.74, 6) is -0.622. The lowest BCUT2D eigenvalue weighted by atomic mass is 10.1. The van der Waals surface area contributed by atoms with E-state index in [0.29, 0.717) is 11.6 Å². The number of nitrogens with zero attached hydrogens (tertiary/aromatic N) is 2. The maximum atomic E-state index is 11.6. The predicted molar refractivity (Wildman–Crippen MR) is 82.3 cm³/mol. The molecule has 1 aliphatic heterocycles. The zero-order valence-corrected chi connectivity index (χ0v) is 13.0. The molecular formula is C16H24N2O3. The first-order valence-electron chi connectivity index (χ1n) is 7.38. The molecule has 1 N–H and O–H groups in total. The Morgan fingerprint density at radius 1 is 1.19 bits per heavy atom. The topological polar surface area (TPSA) is 53.0 Å². The Bertz CT molecular complexity index is 482. The van der Waals surface area contributed by atoms with Gasteiger partial charge in [0.1, 0.15) is 0 Å². The Morgan fingerprint density at radius 3 is 2.38 bits per heavy atom. The average Bonchev–Trinajstić information content (AvgIpc) is 2.53. The summed E-state index contributed by atoms with van der Waals surface area (Å²) in [6.07, 6.45) is -1.23. The molecule has 1 atom stereocenters. The summed E-state index contributed by atoms with van der Waals surface area (Å²) in [5, 5.41) is 10.1. The molecule has 1 heterocycles. The Labute approximate surface area is 126 Å². The third-order valence-electron chi connectivity index (χ3n) is 4.04. The van der Waals surface area contributed by atoms with Crippen molar-refractivity contribution in [1.82, 2.24) is 4.90 Å². The lowest BCUT2D eigenvalue weighted by Crippen LogP contribution is -2.49. The van der Waals surface area contributed by atoms with Crippen LogP contribution in [0.5, 0.6) is 0 Å². The number of methoxy groups -OCH3 is 1. The van der Waals surface area contributed by atoms with E-state index in [1.54, 1.807) is 6.07 Å². The van der Waals surface area contributed by atoms with E-state index in [9.17, 15) is 9.90 Å². The van der Waals surface area contributed by atoms with Crippen molar-refractivity contribution in [3.63, 3.8) is 0 Å². The number of anilines is 1. The van der Waals surface area contributed by atoms with Gasteiger partial charge in [-0.3, -0.25) is 4.90 Å². The fourth-order valence-corrected chi connectivity index (χ4v) is 2.72. The number of rotatable bonds is 4. The number of hydrogen-bond acceptors (Lipinski definition) is 5. The summed E-state index contributed by atoms with van der Waals surface area (Å²) in [6, 6.07) is 8.04. The SMILES string of the molecule is COC(=O)C(O)c1ccccc1N1CCN(C(C)C)CC1. The monoisotopic (exact) mass is 292 g/mol. The molecule has 2 rings (SSSR count). The molecule has 21 heavy (non-hydrogen) atoms. The molecule has 0 aliphatic carbocycles. The summed E-state index contributed by atoms with van der Waals surface area (Å²) in [5.41, 5.74) is 1.53. The van der Waals surface area contributed by atoms with Crippen LogP contribution in [-0.2, 0) is 9.53 Å². The van der Waals surface area contributed by atoms with Crippen molar-refractivity contribution in [2.45, 2.75) is 26.0 Å². The van der Waals surface area contributed by atoms with Crippen LogP contribution in [-0.4, -0.2) is 55.3 Å². The lowest BCUT2D eigenvalue weighted by Gasteiger charge is -2.39. The van der Waals surface area contributed by atoms with Crippen molar-refractivity contribution in [3.05, 3.63) is 29.8 Å². The minimum Gasteiger partial charge on any atom is -0.467 e. The lowest BCUT2D eigenvalue weighted by molar-refractivity contribution is -0.150. The van der Waals surface area contributed by atoms with Crippen LogP contribution in [0, 0.1) is 0 Å². The number of ether oxygens (including phenoxy) is 1. The normalized spacial score (nSPS) is 17.9. The number of hydrogen-bond donors (Lipinski definition) is 1. The fraction of sp³-hybridized carbons (Fsp3) is 0.562. The van der Waals surface area contributed by atoms with E-state index in [1.165, 1.54) is 7.11 Å². The Hall–Kier alpha value is -1.59. The Balaban J connectivity index is 2.16. The number of piperazine rings is 1. The molecule has 0 bridgehead atoms. The number of carbonyl (C=O) groups is 1. The molecule has 0 saturated carbocycles. The van der Waals surface area contributed by atoms with Crippen molar-refractivity contribution in [2.75, 3.05) is 38.2 Å². The second-order valence-corrected chi connectivity index (χ2v) is 5.60. The summed E-state index contributed by atoms with van der Waals surface area (Å²) in [7, 11) is 1.29. The van der Waals surface area contributed by atoms with E-state index in [2.05, 4.69) is 28.4 Å². The van der Waals surface area contributed by atoms with Crippen LogP contribution < -0.4 is 4.90 Å². The van der Waals surface area contributed by atoms with Gasteiger partial charge in [0, 0.05) is 43.5 Å². The summed E-state index contributed by atoms with van der Waals surface area (Å²) < 4.78 is 4.64. The molecular weight excluding hydrogens is 268 g/mol. The molecule has 5 nitrogen and oxygen atoms in total. The number of aliphatic hydroxyl groups excluding tert-OH is 1. The van der Waals surface area contributed by atoms with Crippen LogP contribution in [0.1, 0.15) is 25.5 Å². The van der Waals surface area contributed by atoms with Gasteiger partial charge in [-0.25, -0.2) is 4.79 Å². The first kappa shape index (κ1) is 15.8. The number of para-hydroxylation sites is 1. The highest BCUT2D eigenvalue weighted by atomic mass is 16.5. The second-order valence-electron chi connectivity index (χ2n) is 5.60. The summed E-state index contributed by atoms with van der Waals surface area (Å²) in [4.78, 5) is 16.2. The molecule has 0 spiro atoms. The summed E-state index contributed by atoms with van der Waals surface area (Å²) in [6.45, 7) is 8.15. The van der Waals surface area contributed by atoms with Gasteiger partial charge in [0.05, 0.1) is 7.11 Å². The van der Waals surface area contributed by atoms with Crippen molar-refractivity contribution in [3.8, 4) is 0 Å². The highest BCUT2D eigenvalue weighted by Crippen LogP contribution is 2.28. The van der Waals surface area contributed by atoms with Crippen LogP contribution in [0.15, 0.2) is 24.3 Å². The summed E-state index contributed by atoms with van der Waals surface area (Å²) >= 11 is 0. The number of aliphatic hydroxyl groups is 1. The second kappa shape index (κ2) is 6.91. The number of carbonyl (C=O) groups excluding carboxylic acids is 1. The maximum absolute atomic E-state index is 11.6. The van der Waals surface area contributed by atoms with E-state index in [0.717, 1.165) is 31.9 Å². The van der Waals surface area contributed by atoms with Crippen LogP contribution in [0.25, 0.3) is 0 Å². The third kappa shape index (κ3) is 3.54. The molecule has 1 aliphatic rings. The molecule has 116 valence electrons. The molecule has 5 heteroatoms. The van der Waals surface area contributed by atoms with Gasteiger partial charge in [-0.05, 0) is 19.9 Å². The molecule has 1 aromatic rings. The average molecular weight is 292 g/mol. The fourth-order valence-electron chi connectivity index (χ4n) is 2.72. The van der Waals surface area contributed by atoms with E-state index in [1.807, 2.05) is 18.2 Å². The largest absolute Gasteiger partial charge is 0.467 e. The van der Waals surface area contributed by atoms with Crippen molar-refractivity contribution < 1.29 is 14.6 Å². The quantitative estimate of drug-likeness (QED) is 0.851. The van der Waals surface area contributed by atoms with Crippen molar-refractivity contribution in [2.24, 2.45) is 0 Å². The van der Waals surface area contributed by atoms with Crippen LogP contribution in [0.2, 0.25) is 0 Å². The van der Waals surface area contributed by atoms with Gasteiger partial charge < -0.3 is 14.7 Å². The first-order chi connectivity index (χ1) is 10.0. The van der Waals surface area contributed by atoms with Gasteiger partial charge in [-0.1, -0.05) is 18.2 Å². The minimum absolute atomic E-state index is 0.544. The van der Waals surface area contributed by atoms with Gasteiger partial charge >= 0.3 is 5.97 Å². The predicted octanol–water partition coefficient (Wildman–Crippen LogP) is 1.42. The molecule has 1 aromatic carbocycles. The highest BCUT2D eigenvalue weighted by Gasteiger charge is 2.25. The van der Waals surface area contributed by atoms with Gasteiger partial charge in [-0.15, -0.1) is 0 Å². The number of benzene rings is 1. The van der Waals surface area contributed by atoms with Crippen LogP contribution in [0.3, 0.4) is 0 Å². The maximum Gasteiger partial charge on any atom is 0.339 e. The van der Waals surface area contributed by atoms with Gasteiger partial charge in [0.15, 0.2) is 6.10 Å². The molecule has 1 unspecified atom stereocenters. The highest BCUT2D eigenvalue weighted by molar-refractivity contribution is 5.79. The number of esters is 1. The molecule has 0 radical (unpaired) electrons. The molecule has 1 fully saturated rings. The zero-order valence-electron chi connectivity index (χ0n) is 13.0. The van der Waals surface area contributed by atoms with Crippen LogP contribution in [0.4, 0.5) is 5.69 Å². The van der Waals surface area contributed by atoms with E-state index in [4.69, 9.17) is 0 Å². The Kier molecular flexibility index (Phi) is 5.20. The van der Waals surface area contributed by atoms with E-state index < -0.39 is 12.1 Å². The van der Waals surface area contributed by atoms with E-state index >= 15 is 0 Å². The standard InChI is InChI=1S/C16H24N2O3/c1-12(2)17-8-10-18(11-9-17)14-7-5-4-6-13(14)15(19)16(20)21-3/h4-7,12,15,19H,8-11H2,1-3H3. The molecule has 0 aromatic heterocycles.